The van der Waals surface area contributed by atoms with Crippen LogP contribution < -0.4 is 10.1 Å². The van der Waals surface area contributed by atoms with Crippen molar-refractivity contribution < 1.29 is 27.5 Å². The summed E-state index contributed by atoms with van der Waals surface area (Å²) in [7, 11) is 0. The van der Waals surface area contributed by atoms with E-state index in [1.165, 1.54) is 36.4 Å². The summed E-state index contributed by atoms with van der Waals surface area (Å²) in [5, 5.41) is 2.65. The Balaban J connectivity index is 1.32. The highest BCUT2D eigenvalue weighted by molar-refractivity contribution is 6.02. The quantitative estimate of drug-likeness (QED) is 0.314. The number of nitrogens with one attached hydrogen (secondary N) is 1. The maximum atomic E-state index is 13.6. The van der Waals surface area contributed by atoms with E-state index in [0.29, 0.717) is 36.6 Å². The van der Waals surface area contributed by atoms with Gasteiger partial charge in [0.25, 0.3) is 5.91 Å². The van der Waals surface area contributed by atoms with Gasteiger partial charge in [-0.15, -0.1) is 0 Å². The summed E-state index contributed by atoms with van der Waals surface area (Å²) in [6.45, 7) is 2.50. The van der Waals surface area contributed by atoms with Crippen LogP contribution in [0, 0.1) is 11.6 Å². The number of rotatable bonds is 7. The zero-order valence-electron chi connectivity index (χ0n) is 20.7. The average Bonchev–Trinajstić information content (AvgIpc) is 3.42. The van der Waals surface area contributed by atoms with Gasteiger partial charge < -0.3 is 19.4 Å². The molecule has 0 saturated carbocycles. The van der Waals surface area contributed by atoms with Crippen LogP contribution in [0.25, 0.3) is 0 Å². The van der Waals surface area contributed by atoms with E-state index in [1.807, 2.05) is 30.0 Å². The van der Waals surface area contributed by atoms with E-state index in [4.69, 9.17) is 9.15 Å². The van der Waals surface area contributed by atoms with E-state index in [0.717, 1.165) is 16.7 Å². The molecule has 2 amide bonds. The summed E-state index contributed by atoms with van der Waals surface area (Å²) in [5.74, 6) is -0.0304. The van der Waals surface area contributed by atoms with Crippen molar-refractivity contribution in [1.29, 1.82) is 0 Å². The third kappa shape index (κ3) is 5.44. The summed E-state index contributed by atoms with van der Waals surface area (Å²) >= 11 is 0. The molecule has 1 aliphatic rings. The molecule has 2 heterocycles. The standard InChI is InChI=1S/C30H26F2N2O4/c1-2-28(35)34-16-15-19-5-12-24(17-26(19)29(34)20-3-6-21(31)7-4-20)37-18-25-13-14-27(38-25)30(36)33-23-10-8-22(32)9-11-23/h3-14,17,29H,2,15-16,18H2,1H3,(H,33,36). The summed E-state index contributed by atoms with van der Waals surface area (Å²) in [6, 6.07) is 20.3. The number of amides is 2. The predicted molar refractivity (Wildman–Crippen MR) is 138 cm³/mol. The third-order valence-corrected chi connectivity index (χ3v) is 6.52. The lowest BCUT2D eigenvalue weighted by Crippen LogP contribution is -2.40. The van der Waals surface area contributed by atoms with Crippen molar-refractivity contribution in [2.24, 2.45) is 0 Å². The Bertz CT molecular complexity index is 1450. The molecule has 38 heavy (non-hydrogen) atoms. The molecule has 0 saturated heterocycles. The van der Waals surface area contributed by atoms with E-state index < -0.39 is 11.7 Å². The van der Waals surface area contributed by atoms with E-state index >= 15 is 0 Å². The van der Waals surface area contributed by atoms with Gasteiger partial charge in [0.1, 0.15) is 29.8 Å². The number of ether oxygens (including phenoxy) is 1. The minimum atomic E-state index is -0.459. The van der Waals surface area contributed by atoms with Crippen molar-refractivity contribution in [2.45, 2.75) is 32.4 Å². The summed E-state index contributed by atoms with van der Waals surface area (Å²) in [6.07, 6.45) is 1.09. The first-order chi connectivity index (χ1) is 18.4. The topological polar surface area (TPSA) is 71.8 Å². The normalized spacial score (nSPS) is 14.6. The highest BCUT2D eigenvalue weighted by atomic mass is 19.1. The Morgan fingerprint density at radius 2 is 1.68 bits per heavy atom. The van der Waals surface area contributed by atoms with Gasteiger partial charge in [0.2, 0.25) is 5.91 Å². The Kier molecular flexibility index (Phi) is 7.22. The van der Waals surface area contributed by atoms with Gasteiger partial charge in [-0.25, -0.2) is 8.78 Å². The van der Waals surface area contributed by atoms with E-state index in [1.54, 1.807) is 24.3 Å². The van der Waals surface area contributed by atoms with E-state index in [2.05, 4.69) is 5.32 Å². The van der Waals surface area contributed by atoms with Crippen molar-refractivity contribution in [2.75, 3.05) is 11.9 Å². The van der Waals surface area contributed by atoms with Gasteiger partial charge in [0.05, 0.1) is 6.04 Å². The zero-order chi connectivity index (χ0) is 26.6. The molecule has 1 atom stereocenters. The highest BCUT2D eigenvalue weighted by Gasteiger charge is 2.31. The van der Waals surface area contributed by atoms with Crippen molar-refractivity contribution in [1.82, 2.24) is 4.90 Å². The Hall–Kier alpha value is -4.46. The second kappa shape index (κ2) is 10.9. The number of carbonyl (C=O) groups excluding carboxylic acids is 2. The largest absolute Gasteiger partial charge is 0.486 e. The number of fused-ring (bicyclic) bond motifs is 1. The first-order valence-corrected chi connectivity index (χ1v) is 12.4. The molecule has 0 bridgehead atoms. The lowest BCUT2D eigenvalue weighted by molar-refractivity contribution is -0.132. The summed E-state index contributed by atoms with van der Waals surface area (Å²) in [5.41, 5.74) is 3.31. The Labute approximate surface area is 218 Å². The molecular weight excluding hydrogens is 490 g/mol. The molecule has 0 radical (unpaired) electrons. The van der Waals surface area contributed by atoms with Crippen molar-refractivity contribution in [3.8, 4) is 5.75 Å². The predicted octanol–water partition coefficient (Wildman–Crippen LogP) is 6.27. The highest BCUT2D eigenvalue weighted by Crippen LogP contribution is 2.37. The van der Waals surface area contributed by atoms with Crippen LogP contribution in [0.4, 0.5) is 14.5 Å². The van der Waals surface area contributed by atoms with Crippen LogP contribution in [0.15, 0.2) is 83.3 Å². The van der Waals surface area contributed by atoms with Crippen LogP contribution in [0.3, 0.4) is 0 Å². The fraction of sp³-hybridized carbons (Fsp3) is 0.200. The van der Waals surface area contributed by atoms with Crippen LogP contribution in [-0.4, -0.2) is 23.3 Å². The minimum Gasteiger partial charge on any atom is -0.486 e. The maximum absolute atomic E-state index is 13.6. The molecule has 5 rings (SSSR count). The number of furan rings is 1. The molecule has 8 heteroatoms. The van der Waals surface area contributed by atoms with Crippen molar-refractivity contribution >= 4 is 17.5 Å². The second-order valence-corrected chi connectivity index (χ2v) is 9.02. The number of halogens is 2. The molecule has 0 aliphatic carbocycles. The second-order valence-electron chi connectivity index (χ2n) is 9.02. The van der Waals surface area contributed by atoms with E-state index in [-0.39, 0.29) is 30.1 Å². The molecule has 1 unspecified atom stereocenters. The smallest absolute Gasteiger partial charge is 0.291 e. The number of anilines is 1. The van der Waals surface area contributed by atoms with Gasteiger partial charge in [-0.2, -0.15) is 0 Å². The molecular formula is C30H26F2N2O4. The fourth-order valence-electron chi connectivity index (χ4n) is 4.62. The molecule has 0 fully saturated rings. The van der Waals surface area contributed by atoms with Crippen LogP contribution in [0.2, 0.25) is 0 Å². The number of benzene rings is 3. The van der Waals surface area contributed by atoms with Crippen LogP contribution in [-0.2, 0) is 17.8 Å². The molecule has 1 N–H and O–H groups in total. The first kappa shape index (κ1) is 25.2. The van der Waals surface area contributed by atoms with Gasteiger partial charge >= 0.3 is 0 Å². The maximum Gasteiger partial charge on any atom is 0.291 e. The van der Waals surface area contributed by atoms with Gasteiger partial charge in [-0.1, -0.05) is 25.1 Å². The summed E-state index contributed by atoms with van der Waals surface area (Å²) < 4.78 is 38.3. The van der Waals surface area contributed by atoms with Crippen LogP contribution in [0.1, 0.15) is 52.4 Å². The first-order valence-electron chi connectivity index (χ1n) is 12.4. The molecule has 3 aromatic carbocycles. The summed E-state index contributed by atoms with van der Waals surface area (Å²) in [4.78, 5) is 27.1. The zero-order valence-corrected chi connectivity index (χ0v) is 20.7. The van der Waals surface area contributed by atoms with Gasteiger partial charge in [0, 0.05) is 18.7 Å². The monoisotopic (exact) mass is 516 g/mol. The SMILES string of the molecule is CCC(=O)N1CCc2ccc(OCc3ccc(C(=O)Nc4ccc(F)cc4)o3)cc2C1c1ccc(F)cc1. The molecule has 194 valence electrons. The van der Waals surface area contributed by atoms with Gasteiger partial charge in [-0.05, 0) is 83.8 Å². The average molecular weight is 517 g/mol. The third-order valence-electron chi connectivity index (χ3n) is 6.52. The molecule has 6 nitrogen and oxygen atoms in total. The number of hydrogen-bond donors (Lipinski definition) is 1. The Morgan fingerprint density at radius 3 is 2.39 bits per heavy atom. The number of nitrogens with zero attached hydrogens (tertiary/aromatic N) is 1. The molecule has 0 spiro atoms. The minimum absolute atomic E-state index is 0.0262. The van der Waals surface area contributed by atoms with Gasteiger partial charge in [0.15, 0.2) is 5.76 Å². The Morgan fingerprint density at radius 1 is 0.974 bits per heavy atom. The van der Waals surface area contributed by atoms with Crippen LogP contribution in [0.5, 0.6) is 5.75 Å². The number of hydrogen-bond acceptors (Lipinski definition) is 4. The molecule has 4 aromatic rings. The van der Waals surface area contributed by atoms with Crippen molar-refractivity contribution in [3.05, 3.63) is 119 Å². The van der Waals surface area contributed by atoms with Crippen molar-refractivity contribution in [3.63, 3.8) is 0 Å². The lowest BCUT2D eigenvalue weighted by Gasteiger charge is -2.38. The van der Waals surface area contributed by atoms with E-state index in [9.17, 15) is 18.4 Å². The fourth-order valence-corrected chi connectivity index (χ4v) is 4.62. The molecule has 1 aliphatic heterocycles. The van der Waals surface area contributed by atoms with Gasteiger partial charge in [-0.3, -0.25) is 9.59 Å². The van der Waals surface area contributed by atoms with Crippen LogP contribution >= 0.6 is 0 Å². The molecule has 1 aromatic heterocycles. The lowest BCUT2D eigenvalue weighted by atomic mass is 9.87. The number of carbonyl (C=O) groups is 2.